The van der Waals surface area contributed by atoms with Crippen LogP contribution in [0.5, 0.6) is 0 Å². The van der Waals surface area contributed by atoms with Crippen molar-refractivity contribution in [1.29, 1.82) is 0 Å². The van der Waals surface area contributed by atoms with E-state index in [1.807, 2.05) is 0 Å². The molecular weight excluding hydrogens is 839 g/mol. The molecule has 0 radical (unpaired) electrons. The van der Waals surface area contributed by atoms with Crippen LogP contribution in [-0.2, 0) is 14.3 Å². The molecule has 0 aromatic rings. The standard InChI is InChI=1S/C62H121NO5/c1-3-5-7-9-11-13-15-17-18-19-20-21-22-23-24-25-28-31-34-38-42-46-50-54-60(65)59(58-64)63-61(66)55-51-47-43-39-35-32-29-26-27-30-33-37-41-45-49-53-57-68-62(67)56-52-48-44-40-36-16-14-12-10-8-6-4-2/h26,29,59-60,64-65H,3-25,27-28,30-58H2,1-2H3,(H,63,66)/b29-26-. The van der Waals surface area contributed by atoms with Crippen LogP contribution in [-0.4, -0.2) is 47.4 Å². The summed E-state index contributed by atoms with van der Waals surface area (Å²) >= 11 is 0. The molecule has 0 aliphatic rings. The summed E-state index contributed by atoms with van der Waals surface area (Å²) in [7, 11) is 0. The number of amides is 1. The maximum atomic E-state index is 12.5. The van der Waals surface area contributed by atoms with Gasteiger partial charge in [0.15, 0.2) is 0 Å². The third kappa shape index (κ3) is 53.9. The Kier molecular flexibility index (Phi) is 57.0. The molecule has 404 valence electrons. The van der Waals surface area contributed by atoms with E-state index in [-0.39, 0.29) is 18.5 Å². The Labute approximate surface area is 425 Å². The number of aliphatic hydroxyl groups excluding tert-OH is 2. The lowest BCUT2D eigenvalue weighted by Crippen LogP contribution is -2.45. The van der Waals surface area contributed by atoms with Gasteiger partial charge in [-0.2, -0.15) is 0 Å². The molecule has 0 aromatic carbocycles. The lowest BCUT2D eigenvalue weighted by molar-refractivity contribution is -0.143. The molecule has 68 heavy (non-hydrogen) atoms. The highest BCUT2D eigenvalue weighted by atomic mass is 16.5. The van der Waals surface area contributed by atoms with Gasteiger partial charge >= 0.3 is 5.97 Å². The SMILES string of the molecule is CCCCCCCCCCCCCCCCCCCCCCCCCC(O)C(CO)NC(=O)CCCCCCC/C=C\CCCCCCCCCOC(=O)CCCCCCCCCCCCCC. The number of allylic oxidation sites excluding steroid dienone is 2. The quantitative estimate of drug-likeness (QED) is 0.0321. The largest absolute Gasteiger partial charge is 0.466 e. The topological polar surface area (TPSA) is 95.9 Å². The second kappa shape index (κ2) is 58.2. The molecule has 0 saturated carbocycles. The predicted molar refractivity (Wildman–Crippen MR) is 297 cm³/mol. The third-order valence-electron chi connectivity index (χ3n) is 14.6. The Morgan fingerprint density at radius 2 is 0.691 bits per heavy atom. The number of rotatable bonds is 58. The Morgan fingerprint density at radius 1 is 0.397 bits per heavy atom. The molecule has 2 atom stereocenters. The second-order valence-electron chi connectivity index (χ2n) is 21.4. The summed E-state index contributed by atoms with van der Waals surface area (Å²) < 4.78 is 5.46. The van der Waals surface area contributed by atoms with Gasteiger partial charge in [0.25, 0.3) is 0 Å². The average molecular weight is 961 g/mol. The maximum Gasteiger partial charge on any atom is 0.305 e. The Hall–Kier alpha value is -1.40. The summed E-state index contributed by atoms with van der Waals surface area (Å²) in [4.78, 5) is 24.5. The van der Waals surface area contributed by atoms with Crippen LogP contribution in [0.3, 0.4) is 0 Å². The van der Waals surface area contributed by atoms with Crippen LogP contribution >= 0.6 is 0 Å². The molecule has 0 aromatic heterocycles. The van der Waals surface area contributed by atoms with Gasteiger partial charge in [-0.25, -0.2) is 0 Å². The molecule has 3 N–H and O–H groups in total. The molecule has 6 nitrogen and oxygen atoms in total. The van der Waals surface area contributed by atoms with Gasteiger partial charge in [-0.15, -0.1) is 0 Å². The van der Waals surface area contributed by atoms with Gasteiger partial charge in [-0.3, -0.25) is 9.59 Å². The first kappa shape index (κ1) is 66.6. The minimum Gasteiger partial charge on any atom is -0.466 e. The smallest absolute Gasteiger partial charge is 0.305 e. The maximum absolute atomic E-state index is 12.5. The van der Waals surface area contributed by atoms with E-state index in [2.05, 4.69) is 31.3 Å². The zero-order valence-electron chi connectivity index (χ0n) is 46.1. The normalized spacial score (nSPS) is 12.6. The fourth-order valence-electron chi connectivity index (χ4n) is 9.81. The number of hydrogen-bond donors (Lipinski definition) is 3. The summed E-state index contributed by atoms with van der Waals surface area (Å²) in [6, 6.07) is -0.554. The van der Waals surface area contributed by atoms with E-state index in [0.717, 1.165) is 64.2 Å². The van der Waals surface area contributed by atoms with Crippen molar-refractivity contribution in [3.8, 4) is 0 Å². The van der Waals surface area contributed by atoms with Crippen LogP contribution < -0.4 is 5.32 Å². The van der Waals surface area contributed by atoms with Gasteiger partial charge in [0, 0.05) is 12.8 Å². The van der Waals surface area contributed by atoms with Crippen LogP contribution in [0.25, 0.3) is 0 Å². The zero-order valence-corrected chi connectivity index (χ0v) is 46.1. The molecule has 0 bridgehead atoms. The van der Waals surface area contributed by atoms with Gasteiger partial charge in [0.05, 0.1) is 25.4 Å². The fraction of sp³-hybridized carbons (Fsp3) is 0.935. The van der Waals surface area contributed by atoms with Crippen molar-refractivity contribution in [2.45, 2.75) is 360 Å². The molecule has 0 saturated heterocycles. The van der Waals surface area contributed by atoms with Crippen LogP contribution in [0.2, 0.25) is 0 Å². The van der Waals surface area contributed by atoms with Gasteiger partial charge in [-0.1, -0.05) is 296 Å². The molecule has 0 aliphatic heterocycles. The van der Waals surface area contributed by atoms with Crippen molar-refractivity contribution >= 4 is 11.9 Å². The van der Waals surface area contributed by atoms with Gasteiger partial charge in [-0.05, 0) is 51.4 Å². The highest BCUT2D eigenvalue weighted by molar-refractivity contribution is 5.76. The number of unbranched alkanes of at least 4 members (excludes halogenated alkanes) is 45. The number of aliphatic hydroxyl groups is 2. The van der Waals surface area contributed by atoms with E-state index < -0.39 is 12.1 Å². The highest BCUT2D eigenvalue weighted by Gasteiger charge is 2.20. The molecule has 0 spiro atoms. The van der Waals surface area contributed by atoms with E-state index in [1.54, 1.807) is 0 Å². The molecule has 0 aliphatic carbocycles. The summed E-state index contributed by atoms with van der Waals surface area (Å²) in [6.07, 6.45) is 69.3. The molecule has 1 amide bonds. The first-order valence-electron chi connectivity index (χ1n) is 30.9. The lowest BCUT2D eigenvalue weighted by Gasteiger charge is -2.22. The van der Waals surface area contributed by atoms with E-state index in [4.69, 9.17) is 4.74 Å². The minimum absolute atomic E-state index is 0.00110. The number of nitrogens with one attached hydrogen (secondary N) is 1. The van der Waals surface area contributed by atoms with Crippen molar-refractivity contribution in [3.05, 3.63) is 12.2 Å². The summed E-state index contributed by atoms with van der Waals surface area (Å²) in [5.41, 5.74) is 0. The Morgan fingerprint density at radius 3 is 1.04 bits per heavy atom. The Balaban J connectivity index is 3.45. The van der Waals surface area contributed by atoms with Crippen molar-refractivity contribution in [2.24, 2.45) is 0 Å². The van der Waals surface area contributed by atoms with Crippen LogP contribution in [0.15, 0.2) is 12.2 Å². The molecule has 6 heteroatoms. The van der Waals surface area contributed by atoms with Crippen molar-refractivity contribution in [2.75, 3.05) is 13.2 Å². The summed E-state index contributed by atoms with van der Waals surface area (Å²) in [6.45, 7) is 4.96. The molecule has 0 rings (SSSR count). The van der Waals surface area contributed by atoms with Gasteiger partial charge < -0.3 is 20.3 Å². The lowest BCUT2D eigenvalue weighted by atomic mass is 10.0. The van der Waals surface area contributed by atoms with Crippen LogP contribution in [0.4, 0.5) is 0 Å². The zero-order chi connectivity index (χ0) is 49.3. The average Bonchev–Trinajstić information content (AvgIpc) is 3.34. The van der Waals surface area contributed by atoms with E-state index >= 15 is 0 Å². The number of carbonyl (C=O) groups excluding carboxylic acids is 2. The number of ether oxygens (including phenoxy) is 1. The highest BCUT2D eigenvalue weighted by Crippen LogP contribution is 2.18. The monoisotopic (exact) mass is 960 g/mol. The van der Waals surface area contributed by atoms with E-state index in [0.29, 0.717) is 25.9 Å². The van der Waals surface area contributed by atoms with Crippen molar-refractivity contribution < 1.29 is 24.5 Å². The Bertz CT molecular complexity index is 1020. The molecule has 0 heterocycles. The molecule has 2 unspecified atom stereocenters. The minimum atomic E-state index is -0.675. The predicted octanol–water partition coefficient (Wildman–Crippen LogP) is 19.2. The molecule has 0 fully saturated rings. The second-order valence-corrected chi connectivity index (χ2v) is 21.4. The number of carbonyl (C=O) groups is 2. The first-order chi connectivity index (χ1) is 33.5. The number of hydrogen-bond acceptors (Lipinski definition) is 5. The summed E-state index contributed by atoms with van der Waals surface area (Å²) in [5, 5.41) is 23.4. The van der Waals surface area contributed by atoms with Crippen LogP contribution in [0, 0.1) is 0 Å². The third-order valence-corrected chi connectivity index (χ3v) is 14.6. The molecular formula is C62H121NO5. The number of esters is 1. The first-order valence-corrected chi connectivity index (χ1v) is 30.9. The van der Waals surface area contributed by atoms with Gasteiger partial charge in [0.1, 0.15) is 0 Å². The van der Waals surface area contributed by atoms with E-state index in [9.17, 15) is 19.8 Å². The van der Waals surface area contributed by atoms with Crippen LogP contribution in [0.1, 0.15) is 348 Å². The van der Waals surface area contributed by atoms with Gasteiger partial charge in [0.2, 0.25) is 5.91 Å². The summed E-state index contributed by atoms with van der Waals surface area (Å²) in [5.74, 6) is -0.0490. The van der Waals surface area contributed by atoms with Crippen molar-refractivity contribution in [3.63, 3.8) is 0 Å². The fourth-order valence-corrected chi connectivity index (χ4v) is 9.81. The van der Waals surface area contributed by atoms with Crippen molar-refractivity contribution in [1.82, 2.24) is 5.32 Å². The van der Waals surface area contributed by atoms with E-state index in [1.165, 1.54) is 250 Å².